The molecule has 4 N–H and O–H groups in total. The molecule has 0 aliphatic carbocycles. The lowest BCUT2D eigenvalue weighted by Crippen LogP contribution is -2.54. The van der Waals surface area contributed by atoms with Gasteiger partial charge in [-0.3, -0.25) is 0 Å². The monoisotopic (exact) mass is 406 g/mol. The molecule has 1 fully saturated rings. The fraction of sp³-hybridized carbons (Fsp3) is 0.556. The minimum Gasteiger partial charge on any atom is -0.366 e. The molecule has 1 aliphatic rings. The highest BCUT2D eigenvalue weighted by atomic mass is 79.9. The van der Waals surface area contributed by atoms with E-state index in [0.717, 1.165) is 49.3 Å². The number of hydrogen-bond donors (Lipinski definition) is 3. The maximum absolute atomic E-state index is 5.62. The van der Waals surface area contributed by atoms with Gasteiger partial charge < -0.3 is 16.0 Å². The number of piperidine rings is 1. The number of rotatable bonds is 7. The van der Waals surface area contributed by atoms with Gasteiger partial charge >= 0.3 is 0 Å². The summed E-state index contributed by atoms with van der Waals surface area (Å²) in [6.07, 6.45) is 5.69. The molecule has 1 aliphatic heterocycles. The molecule has 0 unspecified atom stereocenters. The number of nitrogens with two attached hydrogens (primary N) is 1. The van der Waals surface area contributed by atoms with E-state index in [2.05, 4.69) is 72.5 Å². The number of nitrogens with zero attached hydrogens (tertiary/aromatic N) is 3. The number of nitrogen functional groups attached to an aromatic ring is 1. The topological polar surface area (TPSA) is 82.9 Å². The van der Waals surface area contributed by atoms with Gasteiger partial charge in [-0.15, -0.1) is 5.10 Å². The van der Waals surface area contributed by atoms with Crippen LogP contribution in [0.4, 0.5) is 11.9 Å². The Hall–Kier alpha value is -1.60. The maximum atomic E-state index is 5.62. The molecule has 136 valence electrons. The Morgan fingerprint density at radius 2 is 2.00 bits per heavy atom. The second-order valence-corrected chi connectivity index (χ2v) is 7.75. The van der Waals surface area contributed by atoms with E-state index >= 15 is 0 Å². The van der Waals surface area contributed by atoms with Crippen LogP contribution in [0.5, 0.6) is 0 Å². The first-order chi connectivity index (χ1) is 12.1. The number of aromatic nitrogens is 3. The molecule has 0 radical (unpaired) electrons. The average molecular weight is 407 g/mol. The van der Waals surface area contributed by atoms with E-state index in [9.17, 15) is 0 Å². The first-order valence-electron chi connectivity index (χ1n) is 9.02. The van der Waals surface area contributed by atoms with Gasteiger partial charge in [0.1, 0.15) is 0 Å². The Morgan fingerprint density at radius 3 is 2.60 bits per heavy atom. The Labute approximate surface area is 157 Å². The van der Waals surface area contributed by atoms with E-state index in [1.807, 2.05) is 0 Å². The van der Waals surface area contributed by atoms with E-state index in [4.69, 9.17) is 5.73 Å². The van der Waals surface area contributed by atoms with Crippen LogP contribution in [0.25, 0.3) is 0 Å². The van der Waals surface area contributed by atoms with Crippen LogP contribution < -0.4 is 16.0 Å². The Bertz CT molecular complexity index is 660. The van der Waals surface area contributed by atoms with Crippen molar-refractivity contribution in [2.45, 2.75) is 44.6 Å². The summed E-state index contributed by atoms with van der Waals surface area (Å²) in [6.45, 7) is 5.22. The molecule has 1 aromatic carbocycles. The standard InChI is InChI=1S/C18H27BrN6/c1-2-8-18(21-11-7-14-3-5-15(19)6-4-14)9-12-25(13-10-18)17-22-16(20)23-24-17/h3-6,21H,2,7-13H2,1H3,(H3,20,22,23,24). The maximum Gasteiger partial charge on any atom is 0.241 e. The second-order valence-electron chi connectivity index (χ2n) is 6.84. The number of anilines is 2. The molecule has 1 saturated heterocycles. The van der Waals surface area contributed by atoms with Gasteiger partial charge in [0.2, 0.25) is 11.9 Å². The molecule has 0 atom stereocenters. The van der Waals surface area contributed by atoms with Gasteiger partial charge in [0.05, 0.1) is 0 Å². The van der Waals surface area contributed by atoms with Gasteiger partial charge in [-0.1, -0.05) is 41.4 Å². The van der Waals surface area contributed by atoms with Gasteiger partial charge in [0, 0.05) is 23.1 Å². The summed E-state index contributed by atoms with van der Waals surface area (Å²) >= 11 is 3.49. The van der Waals surface area contributed by atoms with Crippen molar-refractivity contribution < 1.29 is 0 Å². The Morgan fingerprint density at radius 1 is 1.28 bits per heavy atom. The minimum absolute atomic E-state index is 0.228. The fourth-order valence-corrected chi connectivity index (χ4v) is 3.93. The van der Waals surface area contributed by atoms with Crippen molar-refractivity contribution in [2.24, 2.45) is 0 Å². The summed E-state index contributed by atoms with van der Waals surface area (Å²) in [5.74, 6) is 1.10. The molecule has 2 heterocycles. The van der Waals surface area contributed by atoms with Crippen molar-refractivity contribution >= 4 is 27.8 Å². The number of halogens is 1. The van der Waals surface area contributed by atoms with E-state index in [0.29, 0.717) is 5.95 Å². The van der Waals surface area contributed by atoms with Crippen LogP contribution in [0.3, 0.4) is 0 Å². The molecule has 0 saturated carbocycles. The second kappa shape index (κ2) is 8.19. The zero-order chi connectivity index (χ0) is 17.7. The molecule has 25 heavy (non-hydrogen) atoms. The van der Waals surface area contributed by atoms with Crippen LogP contribution in [0.2, 0.25) is 0 Å². The number of nitrogens with one attached hydrogen (secondary N) is 2. The van der Waals surface area contributed by atoms with Crippen LogP contribution in [-0.2, 0) is 6.42 Å². The summed E-state index contributed by atoms with van der Waals surface area (Å²) in [5.41, 5.74) is 7.22. The van der Waals surface area contributed by atoms with E-state index in [-0.39, 0.29) is 5.54 Å². The summed E-state index contributed by atoms with van der Waals surface area (Å²) in [6, 6.07) is 8.60. The lowest BCUT2D eigenvalue weighted by Gasteiger charge is -2.42. The predicted octanol–water partition coefficient (Wildman–Crippen LogP) is 3.12. The minimum atomic E-state index is 0.228. The smallest absolute Gasteiger partial charge is 0.241 e. The SMILES string of the molecule is CCCC1(NCCc2ccc(Br)cc2)CCN(c2nc(N)n[nH]2)CC1. The first kappa shape index (κ1) is 18.2. The molecule has 0 spiro atoms. The summed E-state index contributed by atoms with van der Waals surface area (Å²) in [7, 11) is 0. The quantitative estimate of drug-likeness (QED) is 0.657. The summed E-state index contributed by atoms with van der Waals surface area (Å²) < 4.78 is 1.13. The van der Waals surface area contributed by atoms with E-state index in [1.165, 1.54) is 18.4 Å². The fourth-order valence-electron chi connectivity index (χ4n) is 3.67. The van der Waals surface area contributed by atoms with Gasteiger partial charge in [0.25, 0.3) is 0 Å². The van der Waals surface area contributed by atoms with Crippen LogP contribution in [0.1, 0.15) is 38.2 Å². The highest BCUT2D eigenvalue weighted by molar-refractivity contribution is 9.10. The molecule has 0 amide bonds. The zero-order valence-corrected chi connectivity index (χ0v) is 16.3. The highest BCUT2D eigenvalue weighted by Crippen LogP contribution is 2.29. The lowest BCUT2D eigenvalue weighted by molar-refractivity contribution is 0.240. The predicted molar refractivity (Wildman–Crippen MR) is 106 cm³/mol. The van der Waals surface area contributed by atoms with Crippen molar-refractivity contribution in [2.75, 3.05) is 30.3 Å². The summed E-state index contributed by atoms with van der Waals surface area (Å²) in [5, 5.41) is 10.7. The van der Waals surface area contributed by atoms with Gasteiger partial charge in [-0.2, -0.15) is 4.98 Å². The van der Waals surface area contributed by atoms with Crippen molar-refractivity contribution in [1.29, 1.82) is 0 Å². The van der Waals surface area contributed by atoms with Crippen LogP contribution in [0, 0.1) is 0 Å². The lowest BCUT2D eigenvalue weighted by atomic mass is 9.83. The van der Waals surface area contributed by atoms with Gasteiger partial charge in [0.15, 0.2) is 0 Å². The first-order valence-corrected chi connectivity index (χ1v) is 9.82. The molecular weight excluding hydrogens is 380 g/mol. The average Bonchev–Trinajstić information content (AvgIpc) is 3.04. The Balaban J connectivity index is 1.54. The molecule has 6 nitrogen and oxygen atoms in total. The molecule has 1 aromatic heterocycles. The molecule has 3 rings (SSSR count). The number of aromatic amines is 1. The molecular formula is C18H27BrN6. The van der Waals surface area contributed by atoms with Gasteiger partial charge in [-0.05, 0) is 49.9 Å². The summed E-state index contributed by atoms with van der Waals surface area (Å²) in [4.78, 5) is 6.49. The largest absolute Gasteiger partial charge is 0.366 e. The van der Waals surface area contributed by atoms with E-state index in [1.54, 1.807) is 0 Å². The van der Waals surface area contributed by atoms with Crippen molar-refractivity contribution in [3.63, 3.8) is 0 Å². The number of hydrogen-bond acceptors (Lipinski definition) is 5. The number of benzene rings is 1. The van der Waals surface area contributed by atoms with Gasteiger partial charge in [-0.25, -0.2) is 5.10 Å². The normalized spacial score (nSPS) is 17.0. The van der Waals surface area contributed by atoms with Crippen molar-refractivity contribution in [3.05, 3.63) is 34.3 Å². The van der Waals surface area contributed by atoms with Crippen molar-refractivity contribution in [3.8, 4) is 0 Å². The van der Waals surface area contributed by atoms with Crippen LogP contribution in [0.15, 0.2) is 28.7 Å². The third-order valence-corrected chi connectivity index (χ3v) is 5.60. The molecule has 0 bridgehead atoms. The number of H-pyrrole nitrogens is 1. The Kier molecular flexibility index (Phi) is 5.96. The van der Waals surface area contributed by atoms with Crippen LogP contribution in [-0.4, -0.2) is 40.4 Å². The molecule has 2 aromatic rings. The van der Waals surface area contributed by atoms with Crippen molar-refractivity contribution in [1.82, 2.24) is 20.5 Å². The molecule has 7 heteroatoms. The highest BCUT2D eigenvalue weighted by Gasteiger charge is 2.33. The zero-order valence-electron chi connectivity index (χ0n) is 14.8. The third-order valence-electron chi connectivity index (χ3n) is 5.07. The van der Waals surface area contributed by atoms with Crippen LogP contribution >= 0.6 is 15.9 Å². The third kappa shape index (κ3) is 4.73. The van der Waals surface area contributed by atoms with E-state index < -0.39 is 0 Å².